The van der Waals surface area contributed by atoms with E-state index in [1.165, 1.54) is 7.05 Å². The lowest BCUT2D eigenvalue weighted by molar-refractivity contribution is -0.118. The summed E-state index contributed by atoms with van der Waals surface area (Å²) in [5.41, 5.74) is 5.86. The van der Waals surface area contributed by atoms with Gasteiger partial charge in [0.05, 0.1) is 6.54 Å². The number of furan rings is 1. The van der Waals surface area contributed by atoms with Gasteiger partial charge in [0, 0.05) is 12.4 Å². The Balaban J connectivity index is 1.97. The third-order valence-electron chi connectivity index (χ3n) is 2.73. The second kappa shape index (κ2) is 7.88. The van der Waals surface area contributed by atoms with Crippen molar-refractivity contribution in [2.45, 2.75) is 12.7 Å². The van der Waals surface area contributed by atoms with Crippen molar-refractivity contribution >= 4 is 28.5 Å². The lowest BCUT2D eigenvalue weighted by atomic mass is 10.3. The second-order valence-electron chi connectivity index (χ2n) is 4.68. The zero-order chi connectivity index (χ0) is 18.4. The number of halogens is 3. The van der Waals surface area contributed by atoms with Gasteiger partial charge in [-0.15, -0.1) is 11.3 Å². The summed E-state index contributed by atoms with van der Waals surface area (Å²) < 4.78 is 41.8. The number of hydrogen-bond acceptors (Lipinski definition) is 5. The fraction of sp³-hybridized carbons (Fsp3) is 0.308. The molecule has 2 heterocycles. The van der Waals surface area contributed by atoms with Crippen molar-refractivity contribution in [3.8, 4) is 11.5 Å². The Bertz CT molecular complexity index is 755. The number of amides is 2. The monoisotopic (exact) mass is 376 g/mol. The van der Waals surface area contributed by atoms with E-state index in [1.807, 2.05) is 0 Å². The number of carbonyl (C=O) groups is 1. The van der Waals surface area contributed by atoms with Crippen molar-refractivity contribution in [1.29, 1.82) is 0 Å². The standard InChI is InChI=1S/C13H15F3N6O2S/c1-18-11(23)19-4-7-2-3-9(24-7)8-5-25-12(21-8)22-10(17)20-6-13(14,15)16/h2-3,5H,4,6H2,1H3,(H2,18,19,23)(H3,17,20,21,22). The molecule has 8 nitrogen and oxygen atoms in total. The Labute approximate surface area is 144 Å². The maximum Gasteiger partial charge on any atom is 0.408 e. The molecule has 2 aromatic heterocycles. The summed E-state index contributed by atoms with van der Waals surface area (Å²) in [5, 5.41) is 9.40. The summed E-state index contributed by atoms with van der Waals surface area (Å²) in [7, 11) is 1.50. The molecule has 0 unspecified atom stereocenters. The topological polar surface area (TPSA) is 118 Å². The maximum atomic E-state index is 12.1. The minimum absolute atomic E-state index is 0.200. The molecule has 2 rings (SSSR count). The first-order valence-corrected chi connectivity index (χ1v) is 7.78. The van der Waals surface area contributed by atoms with E-state index in [-0.39, 0.29) is 23.7 Å². The van der Waals surface area contributed by atoms with Crippen molar-refractivity contribution in [3.05, 3.63) is 23.3 Å². The Morgan fingerprint density at radius 3 is 2.88 bits per heavy atom. The predicted molar refractivity (Wildman–Crippen MR) is 87.3 cm³/mol. The molecule has 2 amide bonds. The van der Waals surface area contributed by atoms with Crippen LogP contribution < -0.4 is 21.7 Å². The average molecular weight is 376 g/mol. The molecule has 0 bridgehead atoms. The summed E-state index contributed by atoms with van der Waals surface area (Å²) in [6.07, 6.45) is -4.42. The molecule has 0 saturated carbocycles. The number of alkyl halides is 3. The first-order valence-electron chi connectivity index (χ1n) is 6.90. The molecule has 25 heavy (non-hydrogen) atoms. The molecule has 0 aliphatic rings. The molecule has 0 aromatic carbocycles. The van der Waals surface area contributed by atoms with Gasteiger partial charge < -0.3 is 26.1 Å². The van der Waals surface area contributed by atoms with Crippen molar-refractivity contribution in [2.24, 2.45) is 10.7 Å². The average Bonchev–Trinajstić information content (AvgIpc) is 3.19. The Morgan fingerprint density at radius 2 is 2.20 bits per heavy atom. The highest BCUT2D eigenvalue weighted by molar-refractivity contribution is 7.14. The van der Waals surface area contributed by atoms with Gasteiger partial charge >= 0.3 is 12.2 Å². The molecular weight excluding hydrogens is 361 g/mol. The number of thiazole rings is 1. The van der Waals surface area contributed by atoms with E-state index in [0.717, 1.165) is 11.3 Å². The molecule has 5 N–H and O–H groups in total. The van der Waals surface area contributed by atoms with Gasteiger partial charge in [-0.25, -0.2) is 14.8 Å². The van der Waals surface area contributed by atoms with Gasteiger partial charge in [0.15, 0.2) is 16.9 Å². The maximum absolute atomic E-state index is 12.1. The number of nitrogens with zero attached hydrogens (tertiary/aromatic N) is 2. The van der Waals surface area contributed by atoms with Crippen molar-refractivity contribution in [2.75, 3.05) is 18.9 Å². The number of guanidine groups is 1. The third-order valence-corrected chi connectivity index (χ3v) is 3.49. The van der Waals surface area contributed by atoms with Crippen LogP contribution in [0.25, 0.3) is 11.5 Å². The highest BCUT2D eigenvalue weighted by Crippen LogP contribution is 2.26. The number of hydrogen-bond donors (Lipinski definition) is 4. The summed E-state index contributed by atoms with van der Waals surface area (Å²) in [6.45, 7) is -1.17. The molecule has 0 aliphatic heterocycles. The Hall–Kier alpha value is -2.76. The quantitative estimate of drug-likeness (QED) is 0.471. The number of nitrogens with one attached hydrogen (secondary N) is 3. The van der Waals surface area contributed by atoms with Crippen LogP contribution in [-0.4, -0.2) is 36.7 Å². The van der Waals surface area contributed by atoms with Crippen LogP contribution >= 0.6 is 11.3 Å². The summed E-state index contributed by atoms with van der Waals surface area (Å²) >= 11 is 1.13. The van der Waals surface area contributed by atoms with E-state index in [1.54, 1.807) is 17.5 Å². The summed E-state index contributed by atoms with van der Waals surface area (Å²) in [6, 6.07) is 3.00. The predicted octanol–water partition coefficient (Wildman–Crippen LogP) is 2.12. The van der Waals surface area contributed by atoms with Gasteiger partial charge in [-0.3, -0.25) is 0 Å². The van der Waals surface area contributed by atoms with Crippen LogP contribution in [0.1, 0.15) is 5.76 Å². The number of carbonyl (C=O) groups excluding carboxylic acids is 1. The number of rotatable bonds is 5. The zero-order valence-electron chi connectivity index (χ0n) is 13.0. The second-order valence-corrected chi connectivity index (χ2v) is 5.54. The van der Waals surface area contributed by atoms with E-state index < -0.39 is 12.7 Å². The Morgan fingerprint density at radius 1 is 1.44 bits per heavy atom. The number of aliphatic imine (C=N–C) groups is 1. The smallest absolute Gasteiger partial charge is 0.408 e. The van der Waals surface area contributed by atoms with E-state index >= 15 is 0 Å². The largest absolute Gasteiger partial charge is 0.458 e. The third kappa shape index (κ3) is 5.99. The lowest BCUT2D eigenvalue weighted by Crippen LogP contribution is -2.31. The first-order chi connectivity index (χ1) is 11.8. The zero-order valence-corrected chi connectivity index (χ0v) is 13.8. The SMILES string of the molecule is CNC(=O)NCc1ccc(-c2csc(NC(N)=NCC(F)(F)F)n2)o1. The summed E-state index contributed by atoms with van der Waals surface area (Å²) in [4.78, 5) is 18.4. The van der Waals surface area contributed by atoms with Crippen LogP contribution in [0.4, 0.5) is 23.1 Å². The van der Waals surface area contributed by atoms with Crippen LogP contribution in [-0.2, 0) is 6.54 Å². The fourth-order valence-corrected chi connectivity index (χ4v) is 2.34. The van der Waals surface area contributed by atoms with Crippen molar-refractivity contribution in [3.63, 3.8) is 0 Å². The molecule has 0 spiro atoms. The van der Waals surface area contributed by atoms with Gasteiger partial charge in [0.1, 0.15) is 18.0 Å². The van der Waals surface area contributed by atoms with Gasteiger partial charge in [0.25, 0.3) is 0 Å². The minimum Gasteiger partial charge on any atom is -0.458 e. The summed E-state index contributed by atoms with van der Waals surface area (Å²) in [5.74, 6) is 0.587. The number of urea groups is 1. The fourth-order valence-electron chi connectivity index (χ4n) is 1.63. The van der Waals surface area contributed by atoms with E-state index in [2.05, 4.69) is 25.9 Å². The van der Waals surface area contributed by atoms with Gasteiger partial charge in [-0.2, -0.15) is 13.2 Å². The van der Waals surface area contributed by atoms with E-state index in [9.17, 15) is 18.0 Å². The normalized spacial score (nSPS) is 12.1. The molecule has 0 saturated heterocycles. The van der Waals surface area contributed by atoms with Crippen LogP contribution in [0, 0.1) is 0 Å². The van der Waals surface area contributed by atoms with Gasteiger partial charge in [-0.1, -0.05) is 0 Å². The van der Waals surface area contributed by atoms with Crippen LogP contribution in [0.15, 0.2) is 26.9 Å². The minimum atomic E-state index is -4.42. The van der Waals surface area contributed by atoms with E-state index in [4.69, 9.17) is 10.2 Å². The molecule has 0 radical (unpaired) electrons. The van der Waals surface area contributed by atoms with Crippen LogP contribution in [0.3, 0.4) is 0 Å². The van der Waals surface area contributed by atoms with Gasteiger partial charge in [0.2, 0.25) is 0 Å². The highest BCUT2D eigenvalue weighted by Gasteiger charge is 2.26. The highest BCUT2D eigenvalue weighted by atomic mass is 32.1. The Kier molecular flexibility index (Phi) is 5.85. The van der Waals surface area contributed by atoms with E-state index in [0.29, 0.717) is 17.2 Å². The van der Waals surface area contributed by atoms with Crippen molar-refractivity contribution < 1.29 is 22.4 Å². The number of nitrogens with two attached hydrogens (primary N) is 1. The van der Waals surface area contributed by atoms with Crippen LogP contribution in [0.5, 0.6) is 0 Å². The number of anilines is 1. The lowest BCUT2D eigenvalue weighted by Gasteiger charge is -2.04. The first kappa shape index (κ1) is 18.6. The molecule has 0 aliphatic carbocycles. The molecule has 0 atom stereocenters. The molecule has 12 heteroatoms. The van der Waals surface area contributed by atoms with Crippen LogP contribution in [0.2, 0.25) is 0 Å². The molecule has 2 aromatic rings. The molecule has 0 fully saturated rings. The molecular formula is C13H15F3N6O2S. The van der Waals surface area contributed by atoms with Crippen molar-refractivity contribution in [1.82, 2.24) is 15.6 Å². The van der Waals surface area contributed by atoms with Gasteiger partial charge in [-0.05, 0) is 12.1 Å². The molecule has 136 valence electrons. The number of aromatic nitrogens is 1.